The molecule has 34 heavy (non-hydrogen) atoms. The first-order chi connectivity index (χ1) is 16.5. The number of nitrogens with two attached hydrogens (primary N) is 1. The van der Waals surface area contributed by atoms with Gasteiger partial charge in [-0.2, -0.15) is 0 Å². The molecule has 3 N–H and O–H groups in total. The van der Waals surface area contributed by atoms with Gasteiger partial charge in [-0.3, -0.25) is 9.59 Å². The van der Waals surface area contributed by atoms with Crippen LogP contribution in [0.25, 0.3) is 0 Å². The smallest absolute Gasteiger partial charge is 0.246 e. The van der Waals surface area contributed by atoms with Crippen molar-refractivity contribution in [2.75, 3.05) is 24.1 Å². The SMILES string of the molecule is C=CC(=O)N1CCC[C@@H](Nc2ncnc(N)c2C(=O)c2ccc(Oc3ccccc3)cc2Cl)C1. The molecular weight excluding hydrogens is 454 g/mol. The van der Waals surface area contributed by atoms with Gasteiger partial charge in [0.1, 0.15) is 35.0 Å². The Balaban J connectivity index is 1.57. The van der Waals surface area contributed by atoms with Crippen LogP contribution in [0.2, 0.25) is 5.02 Å². The van der Waals surface area contributed by atoms with Crippen molar-refractivity contribution < 1.29 is 14.3 Å². The first-order valence-electron chi connectivity index (χ1n) is 10.8. The molecule has 1 fully saturated rings. The average Bonchev–Trinajstić information content (AvgIpc) is 2.84. The molecule has 8 nitrogen and oxygen atoms in total. The highest BCUT2D eigenvalue weighted by Gasteiger charge is 2.26. The molecule has 0 radical (unpaired) electrons. The van der Waals surface area contributed by atoms with E-state index in [4.69, 9.17) is 22.1 Å². The van der Waals surface area contributed by atoms with Gasteiger partial charge in [-0.05, 0) is 43.2 Å². The fourth-order valence-electron chi connectivity index (χ4n) is 3.85. The topological polar surface area (TPSA) is 110 Å². The van der Waals surface area contributed by atoms with Crippen LogP contribution < -0.4 is 15.8 Å². The minimum Gasteiger partial charge on any atom is -0.457 e. The Hall–Kier alpha value is -3.91. The molecule has 9 heteroatoms. The van der Waals surface area contributed by atoms with Gasteiger partial charge in [0, 0.05) is 30.8 Å². The van der Waals surface area contributed by atoms with Crippen molar-refractivity contribution in [2.45, 2.75) is 18.9 Å². The lowest BCUT2D eigenvalue weighted by Gasteiger charge is -2.33. The normalized spacial score (nSPS) is 15.4. The second-order valence-corrected chi connectivity index (χ2v) is 8.25. The van der Waals surface area contributed by atoms with Gasteiger partial charge in [0.15, 0.2) is 0 Å². The molecule has 1 aliphatic rings. The molecule has 1 saturated heterocycles. The zero-order valence-electron chi connectivity index (χ0n) is 18.4. The van der Waals surface area contributed by atoms with Gasteiger partial charge in [0.2, 0.25) is 11.7 Å². The van der Waals surface area contributed by atoms with Crippen LogP contribution in [0.3, 0.4) is 0 Å². The van der Waals surface area contributed by atoms with E-state index in [2.05, 4.69) is 21.9 Å². The third kappa shape index (κ3) is 5.18. The van der Waals surface area contributed by atoms with Crippen LogP contribution >= 0.6 is 11.6 Å². The number of anilines is 2. The van der Waals surface area contributed by atoms with Crippen LogP contribution in [-0.4, -0.2) is 45.7 Å². The first-order valence-corrected chi connectivity index (χ1v) is 11.2. The highest BCUT2D eigenvalue weighted by atomic mass is 35.5. The molecule has 2 aromatic carbocycles. The number of hydrogen-bond acceptors (Lipinski definition) is 7. The summed E-state index contributed by atoms with van der Waals surface area (Å²) in [5, 5.41) is 3.48. The van der Waals surface area contributed by atoms with Crippen LogP contribution in [0.1, 0.15) is 28.8 Å². The molecule has 1 atom stereocenters. The molecule has 0 aliphatic carbocycles. The summed E-state index contributed by atoms with van der Waals surface area (Å²) in [6.07, 6.45) is 4.22. The molecule has 2 heterocycles. The molecule has 0 saturated carbocycles. The summed E-state index contributed by atoms with van der Waals surface area (Å²) in [7, 11) is 0. The standard InChI is InChI=1S/C25H24ClN5O3/c1-2-21(32)31-12-6-7-16(14-31)30-25-22(24(27)28-15-29-25)23(33)19-11-10-18(13-20(19)26)34-17-8-4-3-5-9-17/h2-5,8-11,13,15-16H,1,6-7,12,14H2,(H3,27,28,29,30)/t16-/m1/s1. The molecule has 1 aromatic heterocycles. The number of halogens is 1. The predicted octanol–water partition coefficient (Wildman–Crippen LogP) is 4.32. The minimum atomic E-state index is -0.410. The number of ketones is 1. The molecule has 0 bridgehead atoms. The number of piperidine rings is 1. The second-order valence-electron chi connectivity index (χ2n) is 7.84. The second kappa shape index (κ2) is 10.4. The Bertz CT molecular complexity index is 1220. The van der Waals surface area contributed by atoms with Gasteiger partial charge >= 0.3 is 0 Å². The number of carbonyl (C=O) groups is 2. The van der Waals surface area contributed by atoms with Gasteiger partial charge in [0.05, 0.1) is 5.02 Å². The van der Waals surface area contributed by atoms with Gasteiger partial charge < -0.3 is 20.7 Å². The summed E-state index contributed by atoms with van der Waals surface area (Å²) in [6.45, 7) is 4.68. The van der Waals surface area contributed by atoms with Crippen LogP contribution in [-0.2, 0) is 4.79 Å². The number of nitrogens with zero attached hydrogens (tertiary/aromatic N) is 3. The number of amides is 1. The maximum Gasteiger partial charge on any atom is 0.246 e. The molecule has 4 rings (SSSR count). The van der Waals surface area contributed by atoms with Crippen molar-refractivity contribution in [3.05, 3.63) is 83.7 Å². The third-order valence-corrected chi connectivity index (χ3v) is 5.83. The maximum atomic E-state index is 13.4. The number of likely N-dealkylation sites (tertiary alicyclic amines) is 1. The van der Waals surface area contributed by atoms with Crippen LogP contribution in [0, 0.1) is 0 Å². The lowest BCUT2D eigenvalue weighted by Crippen LogP contribution is -2.44. The fraction of sp³-hybridized carbons (Fsp3) is 0.200. The lowest BCUT2D eigenvalue weighted by molar-refractivity contribution is -0.127. The Morgan fingerprint density at radius 3 is 2.71 bits per heavy atom. The number of hydrogen-bond donors (Lipinski definition) is 2. The number of nitrogens with one attached hydrogen (secondary N) is 1. The van der Waals surface area contributed by atoms with Crippen LogP contribution in [0.4, 0.5) is 11.6 Å². The van der Waals surface area contributed by atoms with E-state index in [-0.39, 0.29) is 33.9 Å². The quantitative estimate of drug-likeness (QED) is 0.385. The third-order valence-electron chi connectivity index (χ3n) is 5.52. The van der Waals surface area contributed by atoms with Gasteiger partial charge in [-0.15, -0.1) is 0 Å². The molecule has 174 valence electrons. The van der Waals surface area contributed by atoms with Crippen molar-refractivity contribution in [3.8, 4) is 11.5 Å². The largest absolute Gasteiger partial charge is 0.457 e. The van der Waals surface area contributed by atoms with E-state index in [1.54, 1.807) is 23.1 Å². The number of para-hydroxylation sites is 1. The van der Waals surface area contributed by atoms with E-state index >= 15 is 0 Å². The van der Waals surface area contributed by atoms with E-state index in [0.29, 0.717) is 30.4 Å². The number of rotatable bonds is 7. The van der Waals surface area contributed by atoms with Gasteiger partial charge in [0.25, 0.3) is 0 Å². The Morgan fingerprint density at radius 2 is 1.97 bits per heavy atom. The lowest BCUT2D eigenvalue weighted by atomic mass is 10.0. The number of benzene rings is 2. The van der Waals surface area contributed by atoms with Crippen molar-refractivity contribution in [2.24, 2.45) is 0 Å². The summed E-state index contributed by atoms with van der Waals surface area (Å²) in [6, 6.07) is 14.0. The summed E-state index contributed by atoms with van der Waals surface area (Å²) in [5.41, 5.74) is 6.47. The Morgan fingerprint density at radius 1 is 1.18 bits per heavy atom. The molecule has 1 amide bonds. The predicted molar refractivity (Wildman–Crippen MR) is 131 cm³/mol. The molecule has 3 aromatic rings. The average molecular weight is 478 g/mol. The molecule has 0 unspecified atom stereocenters. The number of carbonyl (C=O) groups excluding carboxylic acids is 2. The number of ether oxygens (including phenoxy) is 1. The van der Waals surface area contributed by atoms with Crippen molar-refractivity contribution in [1.82, 2.24) is 14.9 Å². The minimum absolute atomic E-state index is 0.0398. The van der Waals surface area contributed by atoms with E-state index in [1.807, 2.05) is 30.3 Å². The van der Waals surface area contributed by atoms with E-state index in [9.17, 15) is 9.59 Å². The van der Waals surface area contributed by atoms with E-state index in [0.717, 1.165) is 12.8 Å². The van der Waals surface area contributed by atoms with Gasteiger partial charge in [-0.25, -0.2) is 9.97 Å². The van der Waals surface area contributed by atoms with Crippen molar-refractivity contribution in [1.29, 1.82) is 0 Å². The summed E-state index contributed by atoms with van der Waals surface area (Å²) in [5.74, 6) is 0.953. The first kappa shape index (κ1) is 23.3. The van der Waals surface area contributed by atoms with E-state index < -0.39 is 5.78 Å². The summed E-state index contributed by atoms with van der Waals surface area (Å²) >= 11 is 6.45. The van der Waals surface area contributed by atoms with E-state index in [1.165, 1.54) is 12.4 Å². The Labute approximate surface area is 202 Å². The maximum absolute atomic E-state index is 13.4. The van der Waals surface area contributed by atoms with Crippen LogP contribution in [0.15, 0.2) is 67.5 Å². The fourth-order valence-corrected chi connectivity index (χ4v) is 4.11. The summed E-state index contributed by atoms with van der Waals surface area (Å²) < 4.78 is 5.79. The zero-order valence-corrected chi connectivity index (χ0v) is 19.2. The van der Waals surface area contributed by atoms with Crippen LogP contribution in [0.5, 0.6) is 11.5 Å². The van der Waals surface area contributed by atoms with Crippen molar-refractivity contribution >= 4 is 34.9 Å². The molecule has 1 aliphatic heterocycles. The highest BCUT2D eigenvalue weighted by Crippen LogP contribution is 2.31. The Kier molecular flexibility index (Phi) is 7.08. The van der Waals surface area contributed by atoms with Crippen molar-refractivity contribution in [3.63, 3.8) is 0 Å². The summed E-state index contributed by atoms with van der Waals surface area (Å²) in [4.78, 5) is 35.4. The number of aromatic nitrogens is 2. The molecular formula is C25H24ClN5O3. The highest BCUT2D eigenvalue weighted by molar-refractivity contribution is 6.35. The monoisotopic (exact) mass is 477 g/mol. The zero-order chi connectivity index (χ0) is 24.1. The van der Waals surface area contributed by atoms with Gasteiger partial charge in [-0.1, -0.05) is 36.4 Å². The molecule has 0 spiro atoms. The number of nitrogen functional groups attached to an aromatic ring is 1.